The molecule has 1 saturated carbocycles. The molecule has 2 aromatic rings. The molecule has 122 valence electrons. The number of hydrogen-bond acceptors (Lipinski definition) is 6. The van der Waals surface area contributed by atoms with Crippen LogP contribution in [0, 0.1) is 13.8 Å². The maximum absolute atomic E-state index is 12.7. The molecule has 0 aliphatic heterocycles. The SMILES string of the molecule is CC(=O)c1c(C)[nH]c(C(=O)[C@H](C)Sc2nnc(C3CC3)o2)c1C. The Bertz CT molecular complexity index is 774. The summed E-state index contributed by atoms with van der Waals surface area (Å²) in [6, 6.07) is 0. The number of carbonyl (C=O) groups is 2. The van der Waals surface area contributed by atoms with E-state index in [0.29, 0.717) is 33.9 Å². The van der Waals surface area contributed by atoms with Crippen LogP contribution in [0.2, 0.25) is 0 Å². The van der Waals surface area contributed by atoms with E-state index in [1.165, 1.54) is 18.7 Å². The van der Waals surface area contributed by atoms with E-state index in [1.807, 2.05) is 0 Å². The highest BCUT2D eigenvalue weighted by molar-refractivity contribution is 8.00. The molecule has 0 bridgehead atoms. The number of thioether (sulfide) groups is 1. The minimum atomic E-state index is -0.376. The molecular weight excluding hydrogens is 314 g/mol. The number of carbonyl (C=O) groups excluding carboxylic acids is 2. The Labute approximate surface area is 138 Å². The summed E-state index contributed by atoms with van der Waals surface area (Å²) in [7, 11) is 0. The molecule has 1 fully saturated rings. The molecule has 2 heterocycles. The lowest BCUT2D eigenvalue weighted by atomic mass is 10.0. The van der Waals surface area contributed by atoms with Gasteiger partial charge in [-0.3, -0.25) is 9.59 Å². The summed E-state index contributed by atoms with van der Waals surface area (Å²) in [5.41, 5.74) is 2.51. The predicted molar refractivity (Wildman–Crippen MR) is 86.2 cm³/mol. The molecule has 0 amide bonds. The first-order valence-corrected chi connectivity index (χ1v) is 8.50. The van der Waals surface area contributed by atoms with E-state index >= 15 is 0 Å². The normalized spacial score (nSPS) is 15.7. The highest BCUT2D eigenvalue weighted by Gasteiger charge is 2.30. The lowest BCUT2D eigenvalue weighted by Gasteiger charge is -2.07. The van der Waals surface area contributed by atoms with Gasteiger partial charge in [-0.1, -0.05) is 11.8 Å². The van der Waals surface area contributed by atoms with Crippen LogP contribution in [-0.2, 0) is 0 Å². The molecule has 0 saturated heterocycles. The third kappa shape index (κ3) is 3.10. The van der Waals surface area contributed by atoms with Crippen molar-refractivity contribution in [3.05, 3.63) is 28.4 Å². The Kier molecular flexibility index (Phi) is 4.14. The number of H-pyrrole nitrogens is 1. The maximum atomic E-state index is 12.7. The van der Waals surface area contributed by atoms with E-state index in [4.69, 9.17) is 4.42 Å². The van der Waals surface area contributed by atoms with Crippen LogP contribution in [0.15, 0.2) is 9.64 Å². The second kappa shape index (κ2) is 5.96. The van der Waals surface area contributed by atoms with Gasteiger partial charge in [0.15, 0.2) is 11.6 Å². The highest BCUT2D eigenvalue weighted by Crippen LogP contribution is 2.40. The van der Waals surface area contributed by atoms with Gasteiger partial charge in [-0.05, 0) is 46.1 Å². The summed E-state index contributed by atoms with van der Waals surface area (Å²) < 4.78 is 5.59. The van der Waals surface area contributed by atoms with Crippen LogP contribution in [0.1, 0.15) is 70.6 Å². The minimum absolute atomic E-state index is 0.0402. The fourth-order valence-corrected chi connectivity index (χ4v) is 3.44. The molecule has 23 heavy (non-hydrogen) atoms. The minimum Gasteiger partial charge on any atom is -0.416 e. The Hall–Kier alpha value is -1.89. The van der Waals surface area contributed by atoms with Crippen molar-refractivity contribution in [2.24, 2.45) is 0 Å². The molecule has 7 heteroatoms. The fourth-order valence-electron chi connectivity index (χ4n) is 2.70. The summed E-state index contributed by atoms with van der Waals surface area (Å²) in [5, 5.41) is 8.06. The molecule has 1 aliphatic carbocycles. The van der Waals surface area contributed by atoms with Gasteiger partial charge in [0.2, 0.25) is 5.89 Å². The molecule has 3 rings (SSSR count). The van der Waals surface area contributed by atoms with Gasteiger partial charge < -0.3 is 9.40 Å². The number of Topliss-reactive ketones (excluding diaryl/α,β-unsaturated/α-hetero) is 2. The molecule has 1 aliphatic rings. The molecule has 0 aromatic carbocycles. The van der Waals surface area contributed by atoms with Crippen LogP contribution in [-0.4, -0.2) is 32.0 Å². The number of aromatic amines is 1. The van der Waals surface area contributed by atoms with Crippen LogP contribution < -0.4 is 0 Å². The number of aryl methyl sites for hydroxylation is 1. The van der Waals surface area contributed by atoms with Gasteiger partial charge in [-0.2, -0.15) is 0 Å². The summed E-state index contributed by atoms with van der Waals surface area (Å²) >= 11 is 1.25. The predicted octanol–water partition coefficient (Wildman–Crippen LogP) is 3.46. The lowest BCUT2D eigenvalue weighted by Crippen LogP contribution is -2.15. The van der Waals surface area contributed by atoms with Crippen molar-refractivity contribution >= 4 is 23.3 Å². The molecular formula is C16H19N3O3S. The van der Waals surface area contributed by atoms with E-state index in [9.17, 15) is 9.59 Å². The van der Waals surface area contributed by atoms with Gasteiger partial charge >= 0.3 is 0 Å². The number of rotatable bonds is 6. The topological polar surface area (TPSA) is 88.9 Å². The zero-order valence-corrected chi connectivity index (χ0v) is 14.4. The van der Waals surface area contributed by atoms with E-state index in [2.05, 4.69) is 15.2 Å². The zero-order chi connectivity index (χ0) is 16.7. The van der Waals surface area contributed by atoms with Crippen LogP contribution in [0.5, 0.6) is 0 Å². The van der Waals surface area contributed by atoms with Gasteiger partial charge in [0, 0.05) is 17.2 Å². The summed E-state index contributed by atoms with van der Waals surface area (Å²) in [6.45, 7) is 6.91. The third-order valence-corrected chi connectivity index (χ3v) is 4.97. The summed E-state index contributed by atoms with van der Waals surface area (Å²) in [5.74, 6) is 0.947. The molecule has 6 nitrogen and oxygen atoms in total. The van der Waals surface area contributed by atoms with Crippen molar-refractivity contribution in [2.75, 3.05) is 0 Å². The van der Waals surface area contributed by atoms with Gasteiger partial charge in [-0.25, -0.2) is 0 Å². The first-order valence-electron chi connectivity index (χ1n) is 7.62. The van der Waals surface area contributed by atoms with Crippen molar-refractivity contribution < 1.29 is 14.0 Å². The molecule has 0 radical (unpaired) electrons. The third-order valence-electron chi connectivity index (χ3n) is 4.03. The Morgan fingerprint density at radius 3 is 2.57 bits per heavy atom. The van der Waals surface area contributed by atoms with Gasteiger partial charge in [0.1, 0.15) is 0 Å². The van der Waals surface area contributed by atoms with E-state index in [1.54, 1.807) is 20.8 Å². The van der Waals surface area contributed by atoms with E-state index in [0.717, 1.165) is 18.5 Å². The lowest BCUT2D eigenvalue weighted by molar-refractivity contribution is 0.0988. The summed E-state index contributed by atoms with van der Waals surface area (Å²) in [4.78, 5) is 27.4. The van der Waals surface area contributed by atoms with Crippen molar-refractivity contribution in [3.8, 4) is 0 Å². The monoisotopic (exact) mass is 333 g/mol. The van der Waals surface area contributed by atoms with Crippen LogP contribution >= 0.6 is 11.8 Å². The first kappa shape index (κ1) is 16.0. The van der Waals surface area contributed by atoms with Gasteiger partial charge in [0.05, 0.1) is 10.9 Å². The van der Waals surface area contributed by atoms with Gasteiger partial charge in [-0.15, -0.1) is 10.2 Å². The molecule has 2 aromatic heterocycles. The van der Waals surface area contributed by atoms with Crippen molar-refractivity contribution in [1.29, 1.82) is 0 Å². The second-order valence-corrected chi connectivity index (χ2v) is 7.28. The van der Waals surface area contributed by atoms with Crippen molar-refractivity contribution in [3.63, 3.8) is 0 Å². The van der Waals surface area contributed by atoms with E-state index in [-0.39, 0.29) is 16.8 Å². The largest absolute Gasteiger partial charge is 0.416 e. The second-order valence-electron chi connectivity index (χ2n) is 5.99. The fraction of sp³-hybridized carbons (Fsp3) is 0.500. The van der Waals surface area contributed by atoms with Crippen LogP contribution in [0.3, 0.4) is 0 Å². The van der Waals surface area contributed by atoms with Crippen LogP contribution in [0.25, 0.3) is 0 Å². The number of aromatic nitrogens is 3. The number of hydrogen-bond donors (Lipinski definition) is 1. The van der Waals surface area contributed by atoms with Crippen LogP contribution in [0.4, 0.5) is 0 Å². The Morgan fingerprint density at radius 1 is 1.30 bits per heavy atom. The zero-order valence-electron chi connectivity index (χ0n) is 13.6. The molecule has 1 atom stereocenters. The van der Waals surface area contributed by atoms with E-state index < -0.39 is 0 Å². The maximum Gasteiger partial charge on any atom is 0.277 e. The van der Waals surface area contributed by atoms with Crippen molar-refractivity contribution in [2.45, 2.75) is 56.9 Å². The molecule has 0 spiro atoms. The Balaban J connectivity index is 1.76. The number of ketones is 2. The highest BCUT2D eigenvalue weighted by atomic mass is 32.2. The van der Waals surface area contributed by atoms with Crippen molar-refractivity contribution in [1.82, 2.24) is 15.2 Å². The average molecular weight is 333 g/mol. The number of nitrogens with zero attached hydrogens (tertiary/aromatic N) is 2. The summed E-state index contributed by atoms with van der Waals surface area (Å²) in [6.07, 6.45) is 2.19. The average Bonchev–Trinajstić information content (AvgIpc) is 3.16. The smallest absolute Gasteiger partial charge is 0.277 e. The number of nitrogens with one attached hydrogen (secondary N) is 1. The quantitative estimate of drug-likeness (QED) is 0.643. The van der Waals surface area contributed by atoms with Gasteiger partial charge in [0.25, 0.3) is 5.22 Å². The molecule has 0 unspecified atom stereocenters. The first-order chi connectivity index (χ1) is 10.9. The standard InChI is InChI=1S/C16H19N3O3S/c1-7-12(9(3)20)8(2)17-13(7)14(21)10(4)23-16-19-18-15(22-16)11-5-6-11/h10-11,17H,5-6H2,1-4H3/t10-/m0/s1. The molecule has 1 N–H and O–H groups in total. The Morgan fingerprint density at radius 2 is 2.00 bits per heavy atom.